The Kier molecular flexibility index (Phi) is 4.43. The predicted octanol–water partition coefficient (Wildman–Crippen LogP) is 2.89. The number of hydrogen-bond acceptors (Lipinski definition) is 6. The van der Waals surface area contributed by atoms with Gasteiger partial charge in [0, 0.05) is 16.6 Å². The molecule has 1 atom stereocenters. The molecule has 0 saturated carbocycles. The number of nitrogens with zero attached hydrogens (tertiary/aromatic N) is 2. The number of carbonyl (C=O) groups is 2. The predicted molar refractivity (Wildman–Crippen MR) is 96.8 cm³/mol. The van der Waals surface area contributed by atoms with Crippen LogP contribution in [0.1, 0.15) is 36.8 Å². The third kappa shape index (κ3) is 2.95. The maximum absolute atomic E-state index is 12.4. The van der Waals surface area contributed by atoms with Crippen LogP contribution in [0.3, 0.4) is 0 Å². The minimum Gasteiger partial charge on any atom is -0.465 e. The van der Waals surface area contributed by atoms with Crippen LogP contribution in [0.15, 0.2) is 34.8 Å². The summed E-state index contributed by atoms with van der Waals surface area (Å²) in [6.07, 6.45) is 1.67. The number of nitrogens with one attached hydrogen (secondary N) is 1. The van der Waals surface area contributed by atoms with Gasteiger partial charge < -0.3 is 10.1 Å². The van der Waals surface area contributed by atoms with Gasteiger partial charge in [0.25, 0.3) is 5.91 Å². The van der Waals surface area contributed by atoms with Gasteiger partial charge >= 0.3 is 5.97 Å². The van der Waals surface area contributed by atoms with Crippen molar-refractivity contribution < 1.29 is 14.3 Å². The van der Waals surface area contributed by atoms with Crippen molar-refractivity contribution in [1.29, 1.82) is 0 Å². The number of thiophene rings is 1. The molecule has 0 aromatic carbocycles. The van der Waals surface area contributed by atoms with Crippen LogP contribution in [0.4, 0.5) is 0 Å². The second-order valence-corrected chi connectivity index (χ2v) is 7.25. The van der Waals surface area contributed by atoms with E-state index in [9.17, 15) is 9.59 Å². The molecule has 0 aliphatic carbocycles. The van der Waals surface area contributed by atoms with E-state index in [4.69, 9.17) is 4.74 Å². The van der Waals surface area contributed by atoms with Crippen LogP contribution in [-0.2, 0) is 9.53 Å². The average Bonchev–Trinajstić information content (AvgIpc) is 3.23. The smallest absolute Gasteiger partial charge is 0.340 e. The zero-order valence-electron chi connectivity index (χ0n) is 14.5. The maximum atomic E-state index is 12.4. The van der Waals surface area contributed by atoms with Crippen LogP contribution in [-0.4, -0.2) is 35.3 Å². The second-order valence-electron chi connectivity index (χ2n) is 6.31. The van der Waals surface area contributed by atoms with Crippen LogP contribution in [0, 0.1) is 5.92 Å². The molecular weight excluding hydrogens is 338 g/mol. The number of hydrogen-bond donors (Lipinski definition) is 1. The second kappa shape index (κ2) is 6.40. The number of carbonyl (C=O) groups excluding carboxylic acids is 2. The molecule has 2 aromatic heterocycles. The molecule has 0 spiro atoms. The maximum Gasteiger partial charge on any atom is 0.340 e. The number of aromatic nitrogens is 1. The highest BCUT2D eigenvalue weighted by Crippen LogP contribution is 2.29. The van der Waals surface area contributed by atoms with Gasteiger partial charge in [0.2, 0.25) is 0 Å². The van der Waals surface area contributed by atoms with Gasteiger partial charge in [0.15, 0.2) is 5.84 Å². The van der Waals surface area contributed by atoms with Gasteiger partial charge in [0.1, 0.15) is 11.2 Å². The molecule has 3 rings (SSSR count). The summed E-state index contributed by atoms with van der Waals surface area (Å²) in [6.45, 7) is 5.64. The van der Waals surface area contributed by atoms with Crippen LogP contribution in [0.2, 0.25) is 0 Å². The van der Waals surface area contributed by atoms with Gasteiger partial charge in [-0.1, -0.05) is 19.9 Å². The molecule has 1 N–H and O–H groups in total. The molecule has 1 aliphatic heterocycles. The van der Waals surface area contributed by atoms with Crippen molar-refractivity contribution >= 4 is 29.0 Å². The summed E-state index contributed by atoms with van der Waals surface area (Å²) in [6, 6.07) is 5.61. The fraction of sp³-hybridized carbons (Fsp3) is 0.333. The molecule has 25 heavy (non-hydrogen) atoms. The first kappa shape index (κ1) is 17.3. The lowest BCUT2D eigenvalue weighted by atomic mass is 9.89. The highest BCUT2D eigenvalue weighted by Gasteiger charge is 2.43. The van der Waals surface area contributed by atoms with E-state index in [0.717, 1.165) is 10.4 Å². The third-order valence-corrected chi connectivity index (χ3v) is 5.40. The number of pyridine rings is 1. The monoisotopic (exact) mass is 357 g/mol. The number of aliphatic imine (C=N–C) groups is 1. The molecule has 2 aromatic rings. The van der Waals surface area contributed by atoms with Crippen molar-refractivity contribution in [2.24, 2.45) is 10.9 Å². The largest absolute Gasteiger partial charge is 0.465 e. The van der Waals surface area contributed by atoms with E-state index in [0.29, 0.717) is 11.5 Å². The van der Waals surface area contributed by atoms with E-state index in [1.54, 1.807) is 30.5 Å². The van der Waals surface area contributed by atoms with Crippen molar-refractivity contribution in [3.05, 3.63) is 41.0 Å². The fourth-order valence-corrected chi connectivity index (χ4v) is 3.25. The van der Waals surface area contributed by atoms with Crippen LogP contribution >= 0.6 is 11.3 Å². The lowest BCUT2D eigenvalue weighted by Crippen LogP contribution is -2.41. The Labute approximate surface area is 150 Å². The molecular formula is C18H19N3O3S. The summed E-state index contributed by atoms with van der Waals surface area (Å²) in [4.78, 5) is 34.5. The lowest BCUT2D eigenvalue weighted by molar-refractivity contribution is -0.124. The number of amidine groups is 1. The van der Waals surface area contributed by atoms with E-state index in [-0.39, 0.29) is 17.4 Å². The van der Waals surface area contributed by atoms with E-state index in [1.165, 1.54) is 7.11 Å². The van der Waals surface area contributed by atoms with Crippen LogP contribution < -0.4 is 5.32 Å². The zero-order valence-corrected chi connectivity index (χ0v) is 15.3. The normalized spacial score (nSPS) is 19.7. The summed E-state index contributed by atoms with van der Waals surface area (Å²) >= 11 is 1.55. The van der Waals surface area contributed by atoms with Crippen molar-refractivity contribution in [3.63, 3.8) is 0 Å². The standard InChI is InChI=1S/C18H19N3O3S/c1-10(2)18(3)17(23)20-15(21-18)14-12(16(22)24-4)8-11(9-19-14)13-6-5-7-25-13/h5-10H,1-4H3,(H,20,21,23). The van der Waals surface area contributed by atoms with Gasteiger partial charge in [-0.2, -0.15) is 0 Å². The first-order chi connectivity index (χ1) is 11.9. The molecule has 6 nitrogen and oxygen atoms in total. The Balaban J connectivity index is 2.10. The number of amides is 1. The average molecular weight is 357 g/mol. The Morgan fingerprint density at radius 1 is 1.40 bits per heavy atom. The highest BCUT2D eigenvalue weighted by atomic mass is 32.1. The number of rotatable bonds is 4. The number of methoxy groups -OCH3 is 1. The van der Waals surface area contributed by atoms with Gasteiger partial charge in [-0.25, -0.2) is 9.79 Å². The lowest BCUT2D eigenvalue weighted by Gasteiger charge is -2.21. The molecule has 130 valence electrons. The molecule has 1 aliphatic rings. The van der Waals surface area contributed by atoms with Crippen molar-refractivity contribution in [2.45, 2.75) is 26.3 Å². The SMILES string of the molecule is COC(=O)c1cc(-c2cccs2)cnc1C1=NC(C)(C(C)C)C(=O)N1. The fourth-order valence-electron chi connectivity index (χ4n) is 2.55. The van der Waals surface area contributed by atoms with E-state index >= 15 is 0 Å². The summed E-state index contributed by atoms with van der Waals surface area (Å²) in [7, 11) is 1.32. The molecule has 7 heteroatoms. The van der Waals surface area contributed by atoms with E-state index in [2.05, 4.69) is 15.3 Å². The number of esters is 1. The summed E-state index contributed by atoms with van der Waals surface area (Å²) < 4.78 is 4.89. The molecule has 1 unspecified atom stereocenters. The first-order valence-electron chi connectivity index (χ1n) is 7.90. The molecule has 0 saturated heterocycles. The van der Waals surface area contributed by atoms with Gasteiger partial charge in [-0.3, -0.25) is 9.78 Å². The molecule has 1 amide bonds. The van der Waals surface area contributed by atoms with Gasteiger partial charge in [0.05, 0.1) is 12.7 Å². The summed E-state index contributed by atoms with van der Waals surface area (Å²) in [5.74, 6) is -0.398. The topological polar surface area (TPSA) is 80.7 Å². The Morgan fingerprint density at radius 3 is 2.72 bits per heavy atom. The van der Waals surface area contributed by atoms with E-state index in [1.807, 2.05) is 31.4 Å². The van der Waals surface area contributed by atoms with Gasteiger partial charge in [-0.05, 0) is 30.4 Å². The Morgan fingerprint density at radius 2 is 2.16 bits per heavy atom. The molecule has 0 fully saturated rings. The minimum atomic E-state index is -0.878. The molecule has 0 bridgehead atoms. The molecule has 3 heterocycles. The molecule has 0 radical (unpaired) electrons. The van der Waals surface area contributed by atoms with Crippen LogP contribution in [0.5, 0.6) is 0 Å². The summed E-state index contributed by atoms with van der Waals surface area (Å²) in [5, 5.41) is 4.71. The zero-order chi connectivity index (χ0) is 18.2. The van der Waals surface area contributed by atoms with Crippen molar-refractivity contribution in [1.82, 2.24) is 10.3 Å². The minimum absolute atomic E-state index is 0.0111. The Bertz CT molecular complexity index is 858. The third-order valence-electron chi connectivity index (χ3n) is 4.48. The van der Waals surface area contributed by atoms with Crippen molar-refractivity contribution in [2.75, 3.05) is 7.11 Å². The quantitative estimate of drug-likeness (QED) is 0.853. The summed E-state index contributed by atoms with van der Waals surface area (Å²) in [5.41, 5.74) is 0.539. The van der Waals surface area contributed by atoms with E-state index < -0.39 is 11.5 Å². The highest BCUT2D eigenvalue weighted by molar-refractivity contribution is 7.13. The Hall–Kier alpha value is -2.54. The van der Waals surface area contributed by atoms with Crippen molar-refractivity contribution in [3.8, 4) is 10.4 Å². The van der Waals surface area contributed by atoms with Gasteiger partial charge in [-0.15, -0.1) is 11.3 Å². The van der Waals surface area contributed by atoms with Crippen LogP contribution in [0.25, 0.3) is 10.4 Å². The number of ether oxygens (including phenoxy) is 1. The first-order valence-corrected chi connectivity index (χ1v) is 8.78.